The molecule has 8 aliphatic heterocycles. The smallest absolute Gasteiger partial charge is 0.306 e. The van der Waals surface area contributed by atoms with Crippen molar-refractivity contribution in [3.05, 3.63) is 0 Å². The number of methoxy groups -OCH3 is 2. The molecule has 0 aromatic heterocycles. The van der Waals surface area contributed by atoms with Crippen LogP contribution in [0, 0.1) is 17.8 Å². The van der Waals surface area contributed by atoms with Gasteiger partial charge in [0.2, 0.25) is 0 Å². The molecule has 8 rings (SSSR count). The van der Waals surface area contributed by atoms with E-state index in [4.69, 9.17) is 24.7 Å². The molecular formula is C39H71N5O6. The first-order valence-corrected chi connectivity index (χ1v) is 20.4. The Morgan fingerprint density at radius 2 is 1.02 bits per heavy atom. The van der Waals surface area contributed by atoms with Gasteiger partial charge in [0, 0.05) is 59.3 Å². The van der Waals surface area contributed by atoms with Gasteiger partial charge in [-0.3, -0.25) is 19.4 Å². The van der Waals surface area contributed by atoms with E-state index >= 15 is 0 Å². The molecule has 8 saturated heterocycles. The average molecular weight is 706 g/mol. The molecule has 0 radical (unpaired) electrons. The van der Waals surface area contributed by atoms with E-state index in [1.807, 2.05) is 7.11 Å². The number of ether oxygens (including phenoxy) is 4. The molecule has 0 amide bonds. The molecule has 0 aliphatic carbocycles. The Balaban J connectivity index is 0.000000194. The zero-order valence-electron chi connectivity index (χ0n) is 31.8. The lowest BCUT2D eigenvalue weighted by Crippen LogP contribution is -2.51. The van der Waals surface area contributed by atoms with Crippen LogP contribution in [-0.2, 0) is 28.5 Å². The van der Waals surface area contributed by atoms with Crippen LogP contribution in [0.1, 0.15) is 96.8 Å². The zero-order chi connectivity index (χ0) is 35.3. The van der Waals surface area contributed by atoms with E-state index in [0.29, 0.717) is 36.7 Å². The lowest BCUT2D eigenvalue weighted by atomic mass is 9.86. The number of likely N-dealkylation sites (tertiary alicyclic amines) is 2. The third-order valence-corrected chi connectivity index (χ3v) is 12.7. The van der Waals surface area contributed by atoms with E-state index in [9.17, 15) is 9.59 Å². The molecule has 11 heteroatoms. The molecule has 50 heavy (non-hydrogen) atoms. The van der Waals surface area contributed by atoms with Crippen LogP contribution >= 0.6 is 0 Å². The topological polar surface area (TPSA) is 110 Å². The SMILES string of the molecule is CO[C@H]1CN(CCCCCC(=O)OC2CN3CCC2CC3)CC[C@H]1C.CO[C@H]1CN(CCCCCC(=O)OC2CN3CCC2CC3)CC[C@H]1N. The third-order valence-electron chi connectivity index (χ3n) is 12.7. The van der Waals surface area contributed by atoms with Gasteiger partial charge in [0.1, 0.15) is 12.2 Å². The highest BCUT2D eigenvalue weighted by Crippen LogP contribution is 2.31. The molecule has 0 aromatic rings. The van der Waals surface area contributed by atoms with Crippen molar-refractivity contribution in [2.45, 2.75) is 127 Å². The van der Waals surface area contributed by atoms with Crippen LogP contribution in [0.4, 0.5) is 0 Å². The summed E-state index contributed by atoms with van der Waals surface area (Å²) in [4.78, 5) is 34.0. The van der Waals surface area contributed by atoms with Gasteiger partial charge in [-0.2, -0.15) is 0 Å². The average Bonchev–Trinajstić information content (AvgIpc) is 3.14. The summed E-state index contributed by atoms with van der Waals surface area (Å²) >= 11 is 0. The number of unbranched alkanes of at least 4 members (excludes halogenated alkanes) is 4. The number of hydrogen-bond donors (Lipinski definition) is 1. The first-order valence-electron chi connectivity index (χ1n) is 20.4. The summed E-state index contributed by atoms with van der Waals surface area (Å²) in [5.74, 6) is 1.91. The maximum Gasteiger partial charge on any atom is 0.306 e. The zero-order valence-corrected chi connectivity index (χ0v) is 31.8. The van der Waals surface area contributed by atoms with Crippen molar-refractivity contribution in [3.63, 3.8) is 0 Å². The Bertz CT molecular complexity index is 927. The Kier molecular flexibility index (Phi) is 16.6. The van der Waals surface area contributed by atoms with Crippen molar-refractivity contribution in [3.8, 4) is 0 Å². The number of nitrogens with two attached hydrogens (primary N) is 1. The molecular weight excluding hydrogens is 634 g/mol. The molecule has 8 fully saturated rings. The van der Waals surface area contributed by atoms with Gasteiger partial charge < -0.3 is 34.5 Å². The van der Waals surface area contributed by atoms with Crippen LogP contribution in [0.15, 0.2) is 0 Å². The quantitative estimate of drug-likeness (QED) is 0.187. The molecule has 4 bridgehead atoms. The van der Waals surface area contributed by atoms with Crippen LogP contribution in [-0.4, -0.2) is 155 Å². The maximum atomic E-state index is 12.1. The van der Waals surface area contributed by atoms with Gasteiger partial charge in [0.25, 0.3) is 0 Å². The van der Waals surface area contributed by atoms with Crippen LogP contribution in [0.25, 0.3) is 0 Å². The number of rotatable bonds is 16. The molecule has 8 aliphatic rings. The summed E-state index contributed by atoms with van der Waals surface area (Å²) in [5.41, 5.74) is 6.05. The maximum absolute atomic E-state index is 12.1. The standard InChI is InChI=1S/C20H36N2O3.C19H35N3O3/c1-16-7-11-21(14-18(16)24-2)10-5-3-4-6-20(23)25-19-15-22-12-8-17(19)9-13-22;1-24-18-14-21(12-8-16(18)20)9-4-2-3-5-19(23)25-17-13-22-10-6-15(17)7-11-22/h16-19H,3-15H2,1-2H3;15-18H,2-14,20H2,1H3/t16-,18+,19?;16-,17?,18+/m11/s1. The van der Waals surface area contributed by atoms with Crippen LogP contribution < -0.4 is 5.73 Å². The van der Waals surface area contributed by atoms with Gasteiger partial charge >= 0.3 is 11.9 Å². The van der Waals surface area contributed by atoms with E-state index in [1.54, 1.807) is 7.11 Å². The van der Waals surface area contributed by atoms with Crippen LogP contribution in [0.2, 0.25) is 0 Å². The molecule has 2 unspecified atom stereocenters. The Hall–Kier alpha value is -1.34. The van der Waals surface area contributed by atoms with Crippen molar-refractivity contribution in [1.29, 1.82) is 0 Å². The number of esters is 2. The highest BCUT2D eigenvalue weighted by atomic mass is 16.5. The second kappa shape index (κ2) is 20.8. The van der Waals surface area contributed by atoms with Gasteiger partial charge in [-0.15, -0.1) is 0 Å². The minimum absolute atomic E-state index is 0.00198. The minimum Gasteiger partial charge on any atom is -0.461 e. The molecule has 8 heterocycles. The summed E-state index contributed by atoms with van der Waals surface area (Å²) in [6.07, 6.45) is 15.4. The lowest BCUT2D eigenvalue weighted by Gasteiger charge is -2.43. The molecule has 0 saturated carbocycles. The summed E-state index contributed by atoms with van der Waals surface area (Å²) in [6.45, 7) is 15.4. The fourth-order valence-corrected chi connectivity index (χ4v) is 9.17. The number of nitrogens with zero attached hydrogens (tertiary/aromatic N) is 4. The highest BCUT2D eigenvalue weighted by Gasteiger charge is 2.37. The molecule has 0 spiro atoms. The van der Waals surface area contributed by atoms with Crippen LogP contribution in [0.5, 0.6) is 0 Å². The first-order chi connectivity index (χ1) is 24.3. The number of carbonyl (C=O) groups is 2. The Morgan fingerprint density at radius 1 is 0.560 bits per heavy atom. The molecule has 11 nitrogen and oxygen atoms in total. The minimum atomic E-state index is 0.00198. The van der Waals surface area contributed by atoms with E-state index in [0.717, 1.165) is 90.8 Å². The summed E-state index contributed by atoms with van der Waals surface area (Å²) in [7, 11) is 3.57. The van der Waals surface area contributed by atoms with Crippen molar-refractivity contribution < 1.29 is 28.5 Å². The molecule has 0 aromatic carbocycles. The number of piperidine rings is 8. The first kappa shape index (κ1) is 39.9. The van der Waals surface area contributed by atoms with Crippen molar-refractivity contribution in [2.24, 2.45) is 23.5 Å². The number of carbonyl (C=O) groups excluding carboxylic acids is 2. The summed E-state index contributed by atoms with van der Waals surface area (Å²) in [5, 5.41) is 0. The molecule has 2 N–H and O–H groups in total. The molecule has 6 atom stereocenters. The predicted molar refractivity (Wildman–Crippen MR) is 196 cm³/mol. The van der Waals surface area contributed by atoms with Gasteiger partial charge in [-0.1, -0.05) is 19.8 Å². The van der Waals surface area contributed by atoms with Gasteiger partial charge in [0.15, 0.2) is 0 Å². The second-order valence-electron chi connectivity index (χ2n) is 16.3. The summed E-state index contributed by atoms with van der Waals surface area (Å²) in [6, 6.07) is 0.169. The van der Waals surface area contributed by atoms with E-state index in [1.165, 1.54) is 64.8 Å². The second-order valence-corrected chi connectivity index (χ2v) is 16.3. The van der Waals surface area contributed by atoms with Crippen molar-refractivity contribution in [2.75, 3.05) is 92.8 Å². The van der Waals surface area contributed by atoms with Crippen LogP contribution in [0.3, 0.4) is 0 Å². The highest BCUT2D eigenvalue weighted by molar-refractivity contribution is 5.70. The fraction of sp³-hybridized carbons (Fsp3) is 0.949. The lowest BCUT2D eigenvalue weighted by molar-refractivity contribution is -0.159. The normalized spacial score (nSPS) is 35.7. The van der Waals surface area contributed by atoms with Crippen molar-refractivity contribution >= 4 is 11.9 Å². The number of fused-ring (bicyclic) bond motifs is 6. The summed E-state index contributed by atoms with van der Waals surface area (Å²) < 4.78 is 22.5. The van der Waals surface area contributed by atoms with Gasteiger partial charge in [-0.05, 0) is 134 Å². The van der Waals surface area contributed by atoms with E-state index in [2.05, 4.69) is 26.5 Å². The van der Waals surface area contributed by atoms with E-state index < -0.39 is 0 Å². The third kappa shape index (κ3) is 12.4. The van der Waals surface area contributed by atoms with Gasteiger partial charge in [-0.25, -0.2) is 0 Å². The fourth-order valence-electron chi connectivity index (χ4n) is 9.17. The Labute approximate surface area is 303 Å². The van der Waals surface area contributed by atoms with Crippen molar-refractivity contribution in [1.82, 2.24) is 19.6 Å². The predicted octanol–water partition coefficient (Wildman–Crippen LogP) is 3.77. The Morgan fingerprint density at radius 3 is 1.46 bits per heavy atom. The largest absolute Gasteiger partial charge is 0.461 e. The molecule has 288 valence electrons. The number of hydrogen-bond acceptors (Lipinski definition) is 11. The van der Waals surface area contributed by atoms with E-state index in [-0.39, 0.29) is 36.3 Å². The monoisotopic (exact) mass is 706 g/mol. The van der Waals surface area contributed by atoms with Gasteiger partial charge in [0.05, 0.1) is 12.2 Å².